The van der Waals surface area contributed by atoms with Gasteiger partial charge in [-0.25, -0.2) is 9.78 Å². The molecular formula is C12H11N3O6. The number of carboxylic acids is 1. The molecule has 0 aliphatic carbocycles. The monoisotopic (exact) mass is 293 g/mol. The van der Waals surface area contributed by atoms with Crippen LogP contribution in [0.25, 0.3) is 10.9 Å². The van der Waals surface area contributed by atoms with Gasteiger partial charge in [0.25, 0.3) is 11.2 Å². The lowest BCUT2D eigenvalue weighted by atomic mass is 10.1. The highest BCUT2D eigenvalue weighted by molar-refractivity contribution is 5.80. The molecule has 9 nitrogen and oxygen atoms in total. The van der Waals surface area contributed by atoms with Crippen molar-refractivity contribution in [3.05, 3.63) is 45.0 Å². The number of nitro benzene ring substituents is 1. The van der Waals surface area contributed by atoms with Crippen molar-refractivity contribution in [2.75, 3.05) is 0 Å². The van der Waals surface area contributed by atoms with Gasteiger partial charge in [-0.05, 0) is 13.0 Å². The molecule has 1 unspecified atom stereocenters. The van der Waals surface area contributed by atoms with Crippen LogP contribution in [0.2, 0.25) is 0 Å². The van der Waals surface area contributed by atoms with E-state index in [1.165, 1.54) is 12.1 Å². The molecular weight excluding hydrogens is 282 g/mol. The van der Waals surface area contributed by atoms with Crippen LogP contribution in [0.1, 0.15) is 6.92 Å². The van der Waals surface area contributed by atoms with Gasteiger partial charge in [0, 0.05) is 12.1 Å². The topological polar surface area (TPSA) is 136 Å². The highest BCUT2D eigenvalue weighted by atomic mass is 16.6. The average molecular weight is 293 g/mol. The zero-order valence-corrected chi connectivity index (χ0v) is 10.9. The molecule has 110 valence electrons. The molecule has 0 fully saturated rings. The van der Waals surface area contributed by atoms with E-state index < -0.39 is 28.6 Å². The number of hydrogen-bond donors (Lipinski definition) is 2. The van der Waals surface area contributed by atoms with Gasteiger partial charge in [-0.3, -0.25) is 19.5 Å². The third kappa shape index (κ3) is 2.72. The Morgan fingerprint density at radius 1 is 1.52 bits per heavy atom. The first kappa shape index (κ1) is 14.6. The number of carboxylic acid groups (broad SMARTS) is 1. The Hall–Kier alpha value is -2.81. The summed E-state index contributed by atoms with van der Waals surface area (Å²) in [6, 6.07) is 3.61. The third-order valence-electron chi connectivity index (χ3n) is 2.96. The van der Waals surface area contributed by atoms with E-state index in [0.29, 0.717) is 0 Å². The van der Waals surface area contributed by atoms with Crippen LogP contribution >= 0.6 is 0 Å². The molecule has 0 radical (unpaired) electrons. The molecule has 0 spiro atoms. The van der Waals surface area contributed by atoms with Crippen molar-refractivity contribution in [3.63, 3.8) is 0 Å². The van der Waals surface area contributed by atoms with Crippen LogP contribution in [0.15, 0.2) is 29.3 Å². The summed E-state index contributed by atoms with van der Waals surface area (Å²) >= 11 is 0. The number of rotatable bonds is 4. The second-order valence-electron chi connectivity index (χ2n) is 4.72. The van der Waals surface area contributed by atoms with E-state index in [0.717, 1.165) is 23.9 Å². The Bertz CT molecular complexity index is 795. The van der Waals surface area contributed by atoms with E-state index >= 15 is 0 Å². The summed E-state index contributed by atoms with van der Waals surface area (Å²) in [5, 5.41) is 29.2. The van der Waals surface area contributed by atoms with Crippen LogP contribution in [0.3, 0.4) is 0 Å². The minimum absolute atomic E-state index is 0.0205. The molecule has 9 heteroatoms. The van der Waals surface area contributed by atoms with Crippen molar-refractivity contribution in [3.8, 4) is 0 Å². The number of nitro groups is 1. The van der Waals surface area contributed by atoms with Crippen LogP contribution in [0.4, 0.5) is 5.69 Å². The van der Waals surface area contributed by atoms with Crippen LogP contribution < -0.4 is 5.56 Å². The summed E-state index contributed by atoms with van der Waals surface area (Å²) in [6.07, 6.45) is 1.09. The number of carbonyl (C=O) groups is 1. The standard InChI is InChI=1S/C12H11N3O6/c1-12(19,11(17)18)5-14-6-13-9-3-2-7(15(20)21)4-8(9)10(14)16/h2-4,6,19H,5H2,1H3,(H,17,18). The van der Waals surface area contributed by atoms with E-state index in [9.17, 15) is 24.8 Å². The van der Waals surface area contributed by atoms with Gasteiger partial charge in [0.05, 0.1) is 28.7 Å². The normalized spacial score (nSPS) is 13.8. The minimum Gasteiger partial charge on any atom is -0.479 e. The fraction of sp³-hybridized carbons (Fsp3) is 0.250. The second kappa shape index (κ2) is 4.94. The lowest BCUT2D eigenvalue weighted by molar-refractivity contribution is -0.384. The number of fused-ring (bicyclic) bond motifs is 1. The van der Waals surface area contributed by atoms with Gasteiger partial charge >= 0.3 is 5.97 Å². The molecule has 0 aliphatic heterocycles. The summed E-state index contributed by atoms with van der Waals surface area (Å²) < 4.78 is 0.903. The summed E-state index contributed by atoms with van der Waals surface area (Å²) in [6.45, 7) is 0.520. The summed E-state index contributed by atoms with van der Waals surface area (Å²) in [5.41, 5.74) is -2.84. The Morgan fingerprint density at radius 3 is 2.76 bits per heavy atom. The number of non-ortho nitro benzene ring substituents is 1. The number of aromatic nitrogens is 2. The van der Waals surface area contributed by atoms with E-state index in [4.69, 9.17) is 5.11 Å². The highest BCUT2D eigenvalue weighted by Crippen LogP contribution is 2.16. The SMILES string of the molecule is CC(O)(Cn1cnc2ccc([N+](=O)[O-])cc2c1=O)C(=O)O. The van der Waals surface area contributed by atoms with Crippen molar-refractivity contribution in [1.29, 1.82) is 0 Å². The Morgan fingerprint density at radius 2 is 2.19 bits per heavy atom. The zero-order chi connectivity index (χ0) is 15.8. The molecule has 0 amide bonds. The Balaban J connectivity index is 2.58. The van der Waals surface area contributed by atoms with Gasteiger partial charge < -0.3 is 10.2 Å². The number of hydrogen-bond acceptors (Lipinski definition) is 6. The predicted molar refractivity (Wildman–Crippen MR) is 70.9 cm³/mol. The molecule has 2 N–H and O–H groups in total. The van der Waals surface area contributed by atoms with E-state index in [2.05, 4.69) is 4.98 Å². The third-order valence-corrected chi connectivity index (χ3v) is 2.96. The smallest absolute Gasteiger partial charge is 0.337 e. The maximum absolute atomic E-state index is 12.2. The average Bonchev–Trinajstić information content (AvgIpc) is 2.41. The fourth-order valence-corrected chi connectivity index (χ4v) is 1.77. The molecule has 1 heterocycles. The molecule has 0 saturated carbocycles. The first-order chi connectivity index (χ1) is 9.72. The number of benzene rings is 1. The Labute approximate surface area is 117 Å². The molecule has 0 aliphatic rings. The largest absolute Gasteiger partial charge is 0.479 e. The fourth-order valence-electron chi connectivity index (χ4n) is 1.77. The molecule has 2 rings (SSSR count). The minimum atomic E-state index is -2.15. The van der Waals surface area contributed by atoms with Gasteiger partial charge in [-0.1, -0.05) is 0 Å². The summed E-state index contributed by atoms with van der Waals surface area (Å²) in [5.74, 6) is -1.49. The highest BCUT2D eigenvalue weighted by Gasteiger charge is 2.31. The number of aliphatic carboxylic acids is 1. The maximum Gasteiger partial charge on any atom is 0.337 e. The van der Waals surface area contributed by atoms with E-state index in [-0.39, 0.29) is 16.6 Å². The predicted octanol–water partition coefficient (Wildman–Crippen LogP) is 0.140. The van der Waals surface area contributed by atoms with Crippen molar-refractivity contribution in [2.45, 2.75) is 19.1 Å². The molecule has 21 heavy (non-hydrogen) atoms. The zero-order valence-electron chi connectivity index (χ0n) is 10.9. The second-order valence-corrected chi connectivity index (χ2v) is 4.72. The van der Waals surface area contributed by atoms with Crippen LogP contribution in [0, 0.1) is 10.1 Å². The molecule has 0 saturated heterocycles. The molecule has 1 aromatic heterocycles. The van der Waals surface area contributed by atoms with Crippen LogP contribution in [-0.2, 0) is 11.3 Å². The van der Waals surface area contributed by atoms with Crippen LogP contribution in [0.5, 0.6) is 0 Å². The molecule has 1 aromatic carbocycles. The van der Waals surface area contributed by atoms with Crippen molar-refractivity contribution < 1.29 is 19.9 Å². The lowest BCUT2D eigenvalue weighted by Gasteiger charge is -2.18. The van der Waals surface area contributed by atoms with Crippen LogP contribution in [-0.4, -0.2) is 36.3 Å². The quantitative estimate of drug-likeness (QED) is 0.604. The van der Waals surface area contributed by atoms with E-state index in [1.54, 1.807) is 0 Å². The number of nitrogens with zero attached hydrogens (tertiary/aromatic N) is 3. The first-order valence-corrected chi connectivity index (χ1v) is 5.82. The molecule has 1 atom stereocenters. The van der Waals surface area contributed by atoms with Crippen molar-refractivity contribution in [2.24, 2.45) is 0 Å². The number of aliphatic hydroxyl groups is 1. The van der Waals surface area contributed by atoms with Gasteiger partial charge in [-0.15, -0.1) is 0 Å². The van der Waals surface area contributed by atoms with Crippen molar-refractivity contribution in [1.82, 2.24) is 9.55 Å². The van der Waals surface area contributed by atoms with E-state index in [1.807, 2.05) is 0 Å². The van der Waals surface area contributed by atoms with Gasteiger partial charge in [0.2, 0.25) is 0 Å². The molecule has 2 aromatic rings. The summed E-state index contributed by atoms with van der Waals surface area (Å²) in [7, 11) is 0. The van der Waals surface area contributed by atoms with Gasteiger partial charge in [0.15, 0.2) is 5.60 Å². The van der Waals surface area contributed by atoms with Crippen molar-refractivity contribution >= 4 is 22.6 Å². The van der Waals surface area contributed by atoms with Gasteiger partial charge in [0.1, 0.15) is 0 Å². The summed E-state index contributed by atoms with van der Waals surface area (Å²) in [4.78, 5) is 37.1. The maximum atomic E-state index is 12.2. The molecule has 0 bridgehead atoms. The van der Waals surface area contributed by atoms with Gasteiger partial charge in [-0.2, -0.15) is 0 Å². The Kier molecular flexibility index (Phi) is 3.44. The first-order valence-electron chi connectivity index (χ1n) is 5.82. The lowest BCUT2D eigenvalue weighted by Crippen LogP contribution is -2.42.